The standard InChI is InChI=1S/C13H14ClFN2/c14-10-5-6-13(11(15)7-10)17-12-4-2-1-3-9(12)8-16/h5-7,9,12,17H,1-4H2. The molecule has 0 aliphatic heterocycles. The third-order valence-electron chi connectivity index (χ3n) is 3.20. The maximum Gasteiger partial charge on any atom is 0.147 e. The van der Waals surface area contributed by atoms with Crippen LogP contribution >= 0.6 is 11.6 Å². The van der Waals surface area contributed by atoms with Crippen molar-refractivity contribution in [1.82, 2.24) is 0 Å². The summed E-state index contributed by atoms with van der Waals surface area (Å²) in [6.45, 7) is 0. The van der Waals surface area contributed by atoms with Gasteiger partial charge >= 0.3 is 0 Å². The Hall–Kier alpha value is -1.27. The SMILES string of the molecule is N#CC1CCCCC1Nc1ccc(Cl)cc1F. The minimum Gasteiger partial charge on any atom is -0.379 e. The van der Waals surface area contributed by atoms with Gasteiger partial charge in [-0.3, -0.25) is 0 Å². The molecule has 2 atom stereocenters. The summed E-state index contributed by atoms with van der Waals surface area (Å²) in [5.74, 6) is -0.390. The first-order valence-electron chi connectivity index (χ1n) is 5.82. The number of nitrogens with zero attached hydrogens (tertiary/aromatic N) is 1. The lowest BCUT2D eigenvalue weighted by atomic mass is 9.85. The number of halogens is 2. The number of hydrogen-bond donors (Lipinski definition) is 1. The molecule has 4 heteroatoms. The topological polar surface area (TPSA) is 35.8 Å². The molecular weight excluding hydrogens is 239 g/mol. The highest BCUT2D eigenvalue weighted by Crippen LogP contribution is 2.28. The number of hydrogen-bond acceptors (Lipinski definition) is 2. The normalized spacial score (nSPS) is 24.1. The van der Waals surface area contributed by atoms with Crippen molar-refractivity contribution in [3.05, 3.63) is 29.0 Å². The van der Waals surface area contributed by atoms with E-state index < -0.39 is 0 Å². The Morgan fingerprint density at radius 1 is 1.35 bits per heavy atom. The van der Waals surface area contributed by atoms with Crippen LogP contribution in [0.2, 0.25) is 5.02 Å². The van der Waals surface area contributed by atoms with Crippen molar-refractivity contribution in [3.63, 3.8) is 0 Å². The van der Waals surface area contributed by atoms with Gasteiger partial charge in [0, 0.05) is 11.1 Å². The van der Waals surface area contributed by atoms with Crippen LogP contribution in [0, 0.1) is 23.1 Å². The molecule has 1 aromatic carbocycles. The third kappa shape index (κ3) is 2.89. The first kappa shape index (κ1) is 12.2. The number of rotatable bonds is 2. The van der Waals surface area contributed by atoms with Crippen LogP contribution in [0.25, 0.3) is 0 Å². The van der Waals surface area contributed by atoms with Gasteiger partial charge in [-0.25, -0.2) is 4.39 Å². The molecule has 0 amide bonds. The van der Waals surface area contributed by atoms with E-state index >= 15 is 0 Å². The van der Waals surface area contributed by atoms with Crippen LogP contribution in [0.5, 0.6) is 0 Å². The largest absolute Gasteiger partial charge is 0.379 e. The summed E-state index contributed by atoms with van der Waals surface area (Å²) < 4.78 is 13.6. The van der Waals surface area contributed by atoms with Crippen LogP contribution in [0.3, 0.4) is 0 Å². The summed E-state index contributed by atoms with van der Waals surface area (Å²) in [6.07, 6.45) is 3.98. The second-order valence-electron chi connectivity index (χ2n) is 4.40. The molecule has 1 fully saturated rings. The highest BCUT2D eigenvalue weighted by Gasteiger charge is 2.25. The highest BCUT2D eigenvalue weighted by molar-refractivity contribution is 6.30. The Morgan fingerprint density at radius 3 is 2.82 bits per heavy atom. The van der Waals surface area contributed by atoms with Crippen LogP contribution in [-0.2, 0) is 0 Å². The number of nitrogens with one attached hydrogen (secondary N) is 1. The van der Waals surface area contributed by atoms with Gasteiger partial charge in [0.1, 0.15) is 5.82 Å². The fraction of sp³-hybridized carbons (Fsp3) is 0.462. The molecule has 90 valence electrons. The van der Waals surface area contributed by atoms with E-state index in [9.17, 15) is 4.39 Å². The van der Waals surface area contributed by atoms with E-state index in [0.717, 1.165) is 25.7 Å². The molecule has 1 aliphatic carbocycles. The van der Waals surface area contributed by atoms with E-state index in [-0.39, 0.29) is 17.8 Å². The molecule has 0 aromatic heterocycles. The van der Waals surface area contributed by atoms with Gasteiger partial charge in [0.2, 0.25) is 0 Å². The molecule has 1 saturated carbocycles. The van der Waals surface area contributed by atoms with Gasteiger partial charge in [-0.1, -0.05) is 24.4 Å². The first-order chi connectivity index (χ1) is 8.20. The van der Waals surface area contributed by atoms with Crippen molar-refractivity contribution in [2.24, 2.45) is 5.92 Å². The zero-order valence-corrected chi connectivity index (χ0v) is 10.2. The quantitative estimate of drug-likeness (QED) is 0.864. The van der Waals surface area contributed by atoms with Crippen molar-refractivity contribution < 1.29 is 4.39 Å². The van der Waals surface area contributed by atoms with Crippen molar-refractivity contribution >= 4 is 17.3 Å². The lowest BCUT2D eigenvalue weighted by Gasteiger charge is -2.28. The van der Waals surface area contributed by atoms with Crippen molar-refractivity contribution in [3.8, 4) is 6.07 Å². The van der Waals surface area contributed by atoms with Crippen LogP contribution in [-0.4, -0.2) is 6.04 Å². The monoisotopic (exact) mass is 252 g/mol. The molecule has 0 spiro atoms. The minimum absolute atomic E-state index is 0.0289. The van der Waals surface area contributed by atoms with Crippen LogP contribution in [0.4, 0.5) is 10.1 Å². The maximum absolute atomic E-state index is 13.6. The summed E-state index contributed by atoms with van der Waals surface area (Å²) in [6, 6.07) is 6.90. The van der Waals surface area contributed by atoms with Gasteiger partial charge in [-0.05, 0) is 31.0 Å². The Labute approximate surface area is 105 Å². The Kier molecular flexibility index (Phi) is 3.86. The average Bonchev–Trinajstić information content (AvgIpc) is 2.33. The van der Waals surface area contributed by atoms with Crippen molar-refractivity contribution in [2.45, 2.75) is 31.7 Å². The van der Waals surface area contributed by atoms with Crippen LogP contribution < -0.4 is 5.32 Å². The Morgan fingerprint density at radius 2 is 2.12 bits per heavy atom. The Balaban J connectivity index is 2.11. The molecule has 17 heavy (non-hydrogen) atoms. The number of nitriles is 1. The number of anilines is 1. The van der Waals surface area contributed by atoms with E-state index in [1.165, 1.54) is 6.07 Å². The average molecular weight is 253 g/mol. The van der Waals surface area contributed by atoms with E-state index in [0.29, 0.717) is 10.7 Å². The Bertz CT molecular complexity index is 442. The summed E-state index contributed by atoms with van der Waals surface area (Å²) in [5.41, 5.74) is 0.432. The molecule has 0 heterocycles. The van der Waals surface area contributed by atoms with Crippen molar-refractivity contribution in [1.29, 1.82) is 5.26 Å². The molecule has 1 N–H and O–H groups in total. The molecule has 2 rings (SSSR count). The van der Waals surface area contributed by atoms with E-state index in [1.807, 2.05) is 0 Å². The highest BCUT2D eigenvalue weighted by atomic mass is 35.5. The van der Waals surface area contributed by atoms with Crippen molar-refractivity contribution in [2.75, 3.05) is 5.32 Å². The smallest absolute Gasteiger partial charge is 0.147 e. The molecule has 2 nitrogen and oxygen atoms in total. The molecule has 1 aromatic rings. The molecule has 1 aliphatic rings. The molecular formula is C13H14ClFN2. The summed E-state index contributed by atoms with van der Waals surface area (Å²) >= 11 is 5.70. The molecule has 0 radical (unpaired) electrons. The first-order valence-corrected chi connectivity index (χ1v) is 6.19. The zero-order valence-electron chi connectivity index (χ0n) is 9.42. The van der Waals surface area contributed by atoms with E-state index in [2.05, 4.69) is 11.4 Å². The lowest BCUT2D eigenvalue weighted by molar-refractivity contribution is 0.387. The summed E-state index contributed by atoms with van der Waals surface area (Å²) in [4.78, 5) is 0. The van der Waals surface area contributed by atoms with Gasteiger partial charge in [-0.2, -0.15) is 5.26 Å². The second kappa shape index (κ2) is 5.37. The van der Waals surface area contributed by atoms with Gasteiger partial charge in [0.25, 0.3) is 0 Å². The fourth-order valence-corrected chi connectivity index (χ4v) is 2.42. The molecule has 2 unspecified atom stereocenters. The number of benzene rings is 1. The van der Waals surface area contributed by atoms with Gasteiger partial charge in [0.05, 0.1) is 17.7 Å². The van der Waals surface area contributed by atoms with E-state index in [1.54, 1.807) is 12.1 Å². The lowest BCUT2D eigenvalue weighted by Crippen LogP contribution is -2.31. The summed E-state index contributed by atoms with van der Waals surface area (Å²) in [5, 5.41) is 12.6. The minimum atomic E-state index is -0.361. The zero-order chi connectivity index (χ0) is 12.3. The fourth-order valence-electron chi connectivity index (χ4n) is 2.26. The molecule has 0 bridgehead atoms. The van der Waals surface area contributed by atoms with Crippen LogP contribution in [0.15, 0.2) is 18.2 Å². The maximum atomic E-state index is 13.6. The van der Waals surface area contributed by atoms with Gasteiger partial charge in [0.15, 0.2) is 0 Å². The predicted octanol–water partition coefficient (Wildman–Crippen LogP) is 3.97. The third-order valence-corrected chi connectivity index (χ3v) is 3.44. The predicted molar refractivity (Wildman–Crippen MR) is 66.4 cm³/mol. The van der Waals surface area contributed by atoms with E-state index in [4.69, 9.17) is 16.9 Å². The van der Waals surface area contributed by atoms with Gasteiger partial charge < -0.3 is 5.32 Å². The second-order valence-corrected chi connectivity index (χ2v) is 4.83. The van der Waals surface area contributed by atoms with Gasteiger partial charge in [-0.15, -0.1) is 0 Å². The molecule has 0 saturated heterocycles. The summed E-state index contributed by atoms with van der Waals surface area (Å²) in [7, 11) is 0. The van der Waals surface area contributed by atoms with Crippen LogP contribution in [0.1, 0.15) is 25.7 Å².